The molecule has 0 radical (unpaired) electrons. The highest BCUT2D eigenvalue weighted by molar-refractivity contribution is 7.97. The summed E-state index contributed by atoms with van der Waals surface area (Å²) in [5.74, 6) is 0. The van der Waals surface area contributed by atoms with E-state index >= 15 is 0 Å². The molecule has 0 N–H and O–H groups in total. The van der Waals surface area contributed by atoms with Crippen LogP contribution in [0.3, 0.4) is 0 Å². The molecule has 5 nitrogen and oxygen atoms in total. The molecular formula is C19H22NO4PS. The van der Waals surface area contributed by atoms with Crippen LogP contribution in [0.2, 0.25) is 0 Å². The van der Waals surface area contributed by atoms with E-state index in [1.54, 1.807) is 48.5 Å². The van der Waals surface area contributed by atoms with Gasteiger partial charge in [-0.15, -0.1) is 0 Å². The molecule has 1 saturated heterocycles. The molecule has 0 spiro atoms. The van der Waals surface area contributed by atoms with Crippen LogP contribution in [0.1, 0.15) is 31.2 Å². The van der Waals surface area contributed by atoms with Gasteiger partial charge in [0.1, 0.15) is 11.4 Å². The number of nitrogens with zero attached hydrogens (tertiary/aromatic N) is 1. The van der Waals surface area contributed by atoms with Gasteiger partial charge in [0.2, 0.25) is 7.87 Å². The van der Waals surface area contributed by atoms with E-state index in [9.17, 15) is 13.3 Å². The largest absolute Gasteiger partial charge is 0.636 e. The normalized spacial score (nSPS) is 29.5. The molecule has 1 unspecified atom stereocenters. The van der Waals surface area contributed by atoms with Gasteiger partial charge < -0.3 is 4.89 Å². The summed E-state index contributed by atoms with van der Waals surface area (Å²) in [4.78, 5) is 14.1. The summed E-state index contributed by atoms with van der Waals surface area (Å²) in [5, 5.41) is 0.435. The van der Waals surface area contributed by atoms with Gasteiger partial charge in [-0.2, -0.15) is 0 Å². The fourth-order valence-corrected chi connectivity index (χ4v) is 9.17. The van der Waals surface area contributed by atoms with Crippen LogP contribution in [0.5, 0.6) is 0 Å². The monoisotopic (exact) mass is 391 g/mol. The summed E-state index contributed by atoms with van der Waals surface area (Å²) in [6, 6.07) is 15.0. The van der Waals surface area contributed by atoms with E-state index < -0.39 is 17.9 Å². The van der Waals surface area contributed by atoms with Crippen LogP contribution < -0.4 is 10.2 Å². The van der Waals surface area contributed by atoms with Gasteiger partial charge in [0.15, 0.2) is 0 Å². The van der Waals surface area contributed by atoms with Gasteiger partial charge in [0, 0.05) is 0 Å². The van der Waals surface area contributed by atoms with E-state index in [0.717, 1.165) is 24.8 Å². The zero-order chi connectivity index (χ0) is 18.4. The summed E-state index contributed by atoms with van der Waals surface area (Å²) < 4.78 is 34.1. The Morgan fingerprint density at radius 2 is 1.69 bits per heavy atom. The zero-order valence-corrected chi connectivity index (χ0v) is 16.3. The highest BCUT2D eigenvalue weighted by Gasteiger charge is 2.61. The molecule has 2 fully saturated rings. The lowest BCUT2D eigenvalue weighted by Crippen LogP contribution is -2.44. The second-order valence-corrected chi connectivity index (χ2v) is 11.2. The minimum atomic E-state index is -3.94. The van der Waals surface area contributed by atoms with E-state index in [4.69, 9.17) is 4.52 Å². The second kappa shape index (κ2) is 6.70. The Kier molecular flexibility index (Phi) is 4.66. The molecule has 4 rings (SSSR count). The van der Waals surface area contributed by atoms with Crippen molar-refractivity contribution in [3.05, 3.63) is 60.2 Å². The van der Waals surface area contributed by atoms with Gasteiger partial charge >= 0.3 is 0 Å². The van der Waals surface area contributed by atoms with Crippen LogP contribution in [0.15, 0.2) is 59.5 Å². The fourth-order valence-electron chi connectivity index (χ4n) is 3.81. The van der Waals surface area contributed by atoms with Crippen molar-refractivity contribution in [2.45, 2.75) is 49.6 Å². The molecular weight excluding hydrogens is 369 g/mol. The quantitative estimate of drug-likeness (QED) is 0.755. The highest BCUT2D eigenvalue weighted by atomic mass is 32.2. The fraction of sp³-hybridized carbons (Fsp3) is 0.368. The molecule has 0 bridgehead atoms. The van der Waals surface area contributed by atoms with Gasteiger partial charge in [0.25, 0.3) is 10.0 Å². The van der Waals surface area contributed by atoms with Crippen LogP contribution in [-0.2, 0) is 14.5 Å². The SMILES string of the molecule is Cc1ccc(S(=O)(=O)N2[C@H]3CCCC[C@@H]3O[P+]2([O-])c2ccccc2)cc1. The first-order valence-electron chi connectivity index (χ1n) is 8.88. The summed E-state index contributed by atoms with van der Waals surface area (Å²) >= 11 is 0. The minimum absolute atomic E-state index is 0.161. The van der Waals surface area contributed by atoms with Crippen molar-refractivity contribution < 1.29 is 17.8 Å². The molecule has 3 atom stereocenters. The van der Waals surface area contributed by atoms with E-state index in [-0.39, 0.29) is 17.0 Å². The first-order chi connectivity index (χ1) is 12.4. The van der Waals surface area contributed by atoms with Gasteiger partial charge in [-0.05, 0) is 48.1 Å². The maximum absolute atomic E-state index is 13.9. The number of hydrogen-bond donors (Lipinski definition) is 0. The third-order valence-corrected chi connectivity index (χ3v) is 10.4. The van der Waals surface area contributed by atoms with Crippen molar-refractivity contribution >= 4 is 23.2 Å². The molecule has 0 aromatic heterocycles. The molecule has 1 heterocycles. The van der Waals surface area contributed by atoms with Crippen LogP contribution in [-0.4, -0.2) is 24.6 Å². The first-order valence-corrected chi connectivity index (χ1v) is 11.9. The maximum Gasteiger partial charge on any atom is 0.275 e. The van der Waals surface area contributed by atoms with Crippen LogP contribution in [0.25, 0.3) is 0 Å². The maximum atomic E-state index is 13.9. The lowest BCUT2D eigenvalue weighted by Gasteiger charge is -2.32. The molecule has 1 saturated carbocycles. The summed E-state index contributed by atoms with van der Waals surface area (Å²) in [6.45, 7) is 1.90. The minimum Gasteiger partial charge on any atom is -0.636 e. The van der Waals surface area contributed by atoms with Crippen LogP contribution in [0, 0.1) is 6.92 Å². The molecule has 0 amide bonds. The zero-order valence-electron chi connectivity index (χ0n) is 14.6. The lowest BCUT2D eigenvalue weighted by molar-refractivity contribution is -0.193. The second-order valence-electron chi connectivity index (χ2n) is 6.94. The number of aryl methyl sites for hydroxylation is 1. The molecule has 1 aliphatic heterocycles. The summed E-state index contributed by atoms with van der Waals surface area (Å²) in [5.41, 5.74) is 0.975. The van der Waals surface area contributed by atoms with E-state index in [1.165, 1.54) is 4.08 Å². The third-order valence-electron chi connectivity index (χ3n) is 5.14. The summed E-state index contributed by atoms with van der Waals surface area (Å²) in [6.07, 6.45) is 2.98. The van der Waals surface area contributed by atoms with Gasteiger partial charge in [-0.3, -0.25) is 0 Å². The smallest absolute Gasteiger partial charge is 0.275 e. The average Bonchev–Trinajstić information content (AvgIpc) is 2.96. The van der Waals surface area contributed by atoms with E-state index in [2.05, 4.69) is 0 Å². The average molecular weight is 391 g/mol. The Balaban J connectivity index is 1.85. The number of benzene rings is 2. The number of hydrogen-bond acceptors (Lipinski definition) is 4. The third kappa shape index (κ3) is 2.90. The molecule has 2 aromatic carbocycles. The van der Waals surface area contributed by atoms with Crippen molar-refractivity contribution in [3.63, 3.8) is 0 Å². The van der Waals surface area contributed by atoms with Crippen LogP contribution in [0.4, 0.5) is 0 Å². The predicted molar refractivity (Wildman–Crippen MR) is 100 cm³/mol. The number of sulfonamides is 1. The molecule has 7 heteroatoms. The van der Waals surface area contributed by atoms with Crippen molar-refractivity contribution in [3.8, 4) is 0 Å². The Morgan fingerprint density at radius 3 is 2.38 bits per heavy atom. The van der Waals surface area contributed by atoms with Crippen molar-refractivity contribution in [1.82, 2.24) is 4.08 Å². The Morgan fingerprint density at radius 1 is 1.04 bits per heavy atom. The van der Waals surface area contributed by atoms with E-state index in [0.29, 0.717) is 11.7 Å². The van der Waals surface area contributed by atoms with Gasteiger partial charge in [-0.25, -0.2) is 12.9 Å². The number of rotatable bonds is 3. The first kappa shape index (κ1) is 18.1. The highest BCUT2D eigenvalue weighted by Crippen LogP contribution is 2.65. The Labute approximate surface area is 155 Å². The Bertz CT molecular complexity index is 888. The predicted octanol–water partition coefficient (Wildman–Crippen LogP) is 2.78. The molecule has 1 aliphatic carbocycles. The van der Waals surface area contributed by atoms with E-state index in [1.807, 2.05) is 13.0 Å². The van der Waals surface area contributed by atoms with Crippen LogP contribution >= 0.6 is 7.87 Å². The molecule has 138 valence electrons. The molecule has 2 aromatic rings. The molecule has 26 heavy (non-hydrogen) atoms. The van der Waals surface area contributed by atoms with Crippen molar-refractivity contribution in [2.75, 3.05) is 0 Å². The standard InChI is InChI=1S/C19H22NO4PS/c1-15-11-13-17(14-12-15)26(22,23)20-18-9-5-6-10-19(18)24-25(20,21)16-7-3-2-4-8-16/h2-4,7-8,11-14,18-19H,5-6,9-10H2,1H3/t18-,19-,25?/m0/s1. The lowest BCUT2D eigenvalue weighted by atomic mass is 9.93. The topological polar surface area (TPSA) is 69.7 Å². The summed E-state index contributed by atoms with van der Waals surface area (Å²) in [7, 11) is -7.63. The Hall–Kier alpha value is -1.30. The van der Waals surface area contributed by atoms with Crippen molar-refractivity contribution in [1.29, 1.82) is 0 Å². The number of fused-ring (bicyclic) bond motifs is 1. The molecule has 2 aliphatic rings. The van der Waals surface area contributed by atoms with Gasteiger partial charge in [-0.1, -0.05) is 48.7 Å². The van der Waals surface area contributed by atoms with Crippen molar-refractivity contribution in [2.24, 2.45) is 0 Å². The van der Waals surface area contributed by atoms with Gasteiger partial charge in [0.05, 0.1) is 10.9 Å².